The molecule has 2 aromatic rings. The van der Waals surface area contributed by atoms with E-state index in [0.717, 1.165) is 0 Å². The summed E-state index contributed by atoms with van der Waals surface area (Å²) < 4.78 is 20.6. The lowest BCUT2D eigenvalue weighted by Crippen LogP contribution is -2.07. The highest BCUT2D eigenvalue weighted by Crippen LogP contribution is 2.42. The number of hydrogen-bond acceptors (Lipinski definition) is 4. The van der Waals surface area contributed by atoms with E-state index in [2.05, 4.69) is 9.84 Å². The molecule has 1 amide bonds. The summed E-state index contributed by atoms with van der Waals surface area (Å²) in [4.78, 5) is 29.8. The van der Waals surface area contributed by atoms with Crippen LogP contribution in [0, 0.1) is 0 Å². The predicted octanol–water partition coefficient (Wildman–Crippen LogP) is 3.47. The van der Waals surface area contributed by atoms with E-state index < -0.39 is 13.7 Å². The molecule has 0 aromatic heterocycles. The number of phosphoric ester groups is 1. The quantitative estimate of drug-likeness (QED) is 0.521. The number of hydrogen-bond donors (Lipinski definition) is 3. The number of carbonyl (C=O) groups excluding carboxylic acids is 1. The van der Waals surface area contributed by atoms with Gasteiger partial charge >= 0.3 is 7.82 Å². The monoisotopic (exact) mass is 383 g/mol. The minimum absolute atomic E-state index is 0.131. The zero-order chi connectivity index (χ0) is 18.4. The van der Waals surface area contributed by atoms with Crippen molar-refractivity contribution in [3.63, 3.8) is 0 Å². The van der Waals surface area contributed by atoms with Gasteiger partial charge in [0.1, 0.15) is 0 Å². The zero-order valence-electron chi connectivity index (χ0n) is 13.0. The van der Waals surface area contributed by atoms with E-state index >= 15 is 0 Å². The summed E-state index contributed by atoms with van der Waals surface area (Å²) in [6.45, 7) is 0. The summed E-state index contributed by atoms with van der Waals surface area (Å²) in [5.74, 6) is -0.368. The number of carbonyl (C=O) groups is 1. The van der Waals surface area contributed by atoms with Crippen molar-refractivity contribution in [2.45, 2.75) is 0 Å². The number of amides is 1. The van der Waals surface area contributed by atoms with Gasteiger partial charge in [-0.05, 0) is 42.0 Å². The molecular weight excluding hydrogens is 369 g/mol. The molecule has 0 bridgehead atoms. The SMILES string of the molecule is COc1ccc(C=CC(=O)Nc2cccc(Cl)c2)cc1OP(=O)(O)O. The summed E-state index contributed by atoms with van der Waals surface area (Å²) in [6.07, 6.45) is 2.73. The Labute approximate surface area is 149 Å². The van der Waals surface area contributed by atoms with Crippen molar-refractivity contribution in [2.75, 3.05) is 12.4 Å². The van der Waals surface area contributed by atoms with E-state index in [1.54, 1.807) is 30.3 Å². The van der Waals surface area contributed by atoms with Crippen molar-refractivity contribution in [1.29, 1.82) is 0 Å². The number of methoxy groups -OCH3 is 1. The van der Waals surface area contributed by atoms with Crippen LogP contribution in [0.25, 0.3) is 6.08 Å². The number of phosphoric acid groups is 1. The average molecular weight is 384 g/mol. The van der Waals surface area contributed by atoms with Gasteiger partial charge in [-0.25, -0.2) is 4.57 Å². The van der Waals surface area contributed by atoms with Crippen molar-refractivity contribution in [1.82, 2.24) is 0 Å². The Bertz CT molecular complexity index is 848. The number of ether oxygens (including phenoxy) is 1. The fourth-order valence-electron chi connectivity index (χ4n) is 1.92. The summed E-state index contributed by atoms with van der Waals surface area (Å²) >= 11 is 5.84. The smallest absolute Gasteiger partial charge is 0.493 e. The van der Waals surface area contributed by atoms with Crippen LogP contribution in [-0.2, 0) is 9.36 Å². The van der Waals surface area contributed by atoms with E-state index in [9.17, 15) is 9.36 Å². The average Bonchev–Trinajstić information content (AvgIpc) is 2.51. The van der Waals surface area contributed by atoms with Crippen LogP contribution in [-0.4, -0.2) is 22.8 Å². The molecule has 25 heavy (non-hydrogen) atoms. The van der Waals surface area contributed by atoms with Gasteiger partial charge in [-0.1, -0.05) is 23.7 Å². The van der Waals surface area contributed by atoms with Crippen LogP contribution in [0.15, 0.2) is 48.5 Å². The first-order chi connectivity index (χ1) is 11.8. The molecule has 0 radical (unpaired) electrons. The van der Waals surface area contributed by atoms with Gasteiger partial charge in [-0.2, -0.15) is 0 Å². The Kier molecular flexibility index (Phi) is 6.22. The molecular formula is C16H15ClNO6P. The van der Waals surface area contributed by atoms with Crippen LogP contribution in [0.1, 0.15) is 5.56 Å². The Morgan fingerprint density at radius 1 is 1.20 bits per heavy atom. The van der Waals surface area contributed by atoms with Crippen molar-refractivity contribution in [2.24, 2.45) is 0 Å². The Morgan fingerprint density at radius 2 is 1.96 bits per heavy atom. The van der Waals surface area contributed by atoms with Crippen LogP contribution < -0.4 is 14.6 Å². The molecule has 0 saturated carbocycles. The molecule has 3 N–H and O–H groups in total. The molecule has 0 heterocycles. The third kappa shape index (κ3) is 6.25. The van der Waals surface area contributed by atoms with E-state index in [1.807, 2.05) is 0 Å². The Morgan fingerprint density at radius 3 is 2.60 bits per heavy atom. The highest BCUT2D eigenvalue weighted by atomic mass is 35.5. The van der Waals surface area contributed by atoms with E-state index in [0.29, 0.717) is 16.3 Å². The van der Waals surface area contributed by atoms with Gasteiger partial charge in [-0.3, -0.25) is 14.6 Å². The normalized spacial score (nSPS) is 11.4. The van der Waals surface area contributed by atoms with Crippen LogP contribution in [0.3, 0.4) is 0 Å². The van der Waals surface area contributed by atoms with Gasteiger partial charge in [0.05, 0.1) is 7.11 Å². The molecule has 0 atom stereocenters. The van der Waals surface area contributed by atoms with Gasteiger partial charge in [0.2, 0.25) is 5.91 Å². The standard InChI is InChI=1S/C16H15ClNO6P/c1-23-14-7-5-11(9-15(14)24-25(20,21)22)6-8-16(19)18-13-4-2-3-12(17)10-13/h2-10H,1H3,(H,18,19)(H2,20,21,22). The lowest BCUT2D eigenvalue weighted by molar-refractivity contribution is -0.111. The predicted molar refractivity (Wildman–Crippen MR) is 94.8 cm³/mol. The summed E-state index contributed by atoms with van der Waals surface area (Å²) in [7, 11) is -3.39. The number of nitrogens with one attached hydrogen (secondary N) is 1. The van der Waals surface area contributed by atoms with Crippen molar-refractivity contribution in [3.05, 3.63) is 59.1 Å². The van der Waals surface area contributed by atoms with Gasteiger partial charge < -0.3 is 14.6 Å². The molecule has 7 nitrogen and oxygen atoms in total. The molecule has 0 saturated heterocycles. The second kappa shape index (κ2) is 8.18. The molecule has 0 aliphatic heterocycles. The first-order valence-electron chi connectivity index (χ1n) is 6.94. The fraction of sp³-hybridized carbons (Fsp3) is 0.0625. The molecule has 2 rings (SSSR count). The lowest BCUT2D eigenvalue weighted by atomic mass is 10.2. The van der Waals surface area contributed by atoms with E-state index in [1.165, 1.54) is 31.4 Å². The first-order valence-corrected chi connectivity index (χ1v) is 8.85. The second-order valence-electron chi connectivity index (χ2n) is 4.83. The molecule has 0 aliphatic rings. The number of halogens is 1. The van der Waals surface area contributed by atoms with Crippen LogP contribution in [0.4, 0.5) is 5.69 Å². The maximum atomic E-state index is 11.9. The van der Waals surface area contributed by atoms with E-state index in [-0.39, 0.29) is 11.5 Å². The molecule has 0 spiro atoms. The third-order valence-corrected chi connectivity index (χ3v) is 3.59. The van der Waals surface area contributed by atoms with Crippen molar-refractivity contribution in [3.8, 4) is 11.5 Å². The molecule has 132 valence electrons. The summed E-state index contributed by atoms with van der Waals surface area (Å²) in [5.41, 5.74) is 1.04. The first kappa shape index (κ1) is 19.0. The molecule has 0 unspecified atom stereocenters. The van der Waals surface area contributed by atoms with Gasteiger partial charge in [0, 0.05) is 16.8 Å². The largest absolute Gasteiger partial charge is 0.524 e. The number of benzene rings is 2. The fourth-order valence-corrected chi connectivity index (χ4v) is 2.51. The van der Waals surface area contributed by atoms with Crippen LogP contribution in [0.2, 0.25) is 5.02 Å². The highest BCUT2D eigenvalue weighted by Gasteiger charge is 2.19. The van der Waals surface area contributed by atoms with E-state index in [4.69, 9.17) is 26.1 Å². The Balaban J connectivity index is 2.13. The van der Waals surface area contributed by atoms with Crippen LogP contribution >= 0.6 is 19.4 Å². The zero-order valence-corrected chi connectivity index (χ0v) is 14.7. The lowest BCUT2D eigenvalue weighted by Gasteiger charge is -2.11. The maximum Gasteiger partial charge on any atom is 0.524 e. The molecule has 0 aliphatic carbocycles. The minimum Gasteiger partial charge on any atom is -0.493 e. The van der Waals surface area contributed by atoms with Gasteiger partial charge in [-0.15, -0.1) is 0 Å². The highest BCUT2D eigenvalue weighted by molar-refractivity contribution is 7.46. The Hall–Kier alpha value is -2.31. The minimum atomic E-state index is -4.73. The summed E-state index contributed by atoms with van der Waals surface area (Å²) in [5, 5.41) is 3.13. The number of anilines is 1. The third-order valence-electron chi connectivity index (χ3n) is 2.92. The summed E-state index contributed by atoms with van der Waals surface area (Å²) in [6, 6.07) is 11.1. The maximum absolute atomic E-state index is 11.9. The topological polar surface area (TPSA) is 105 Å². The molecule has 0 fully saturated rings. The second-order valence-corrected chi connectivity index (χ2v) is 6.43. The van der Waals surface area contributed by atoms with Gasteiger partial charge in [0.15, 0.2) is 11.5 Å². The van der Waals surface area contributed by atoms with Crippen LogP contribution in [0.5, 0.6) is 11.5 Å². The van der Waals surface area contributed by atoms with Crippen molar-refractivity contribution >= 4 is 37.1 Å². The molecule has 2 aromatic carbocycles. The molecule has 9 heteroatoms. The number of rotatable bonds is 6. The van der Waals surface area contributed by atoms with Crippen molar-refractivity contribution < 1.29 is 28.4 Å². The van der Waals surface area contributed by atoms with Gasteiger partial charge in [0.25, 0.3) is 0 Å².